The van der Waals surface area contributed by atoms with Crippen LogP contribution in [0.15, 0.2) is 17.6 Å². The lowest BCUT2D eigenvalue weighted by Crippen LogP contribution is -2.33. The van der Waals surface area contributed by atoms with Crippen molar-refractivity contribution in [1.29, 1.82) is 5.26 Å². The predicted molar refractivity (Wildman–Crippen MR) is 89.5 cm³/mol. The third kappa shape index (κ3) is 3.72. The number of carbonyl (C=O) groups excluding carboxylic acids is 1. The molecule has 0 atom stereocenters. The van der Waals surface area contributed by atoms with E-state index >= 15 is 0 Å². The maximum atomic E-state index is 12.0. The van der Waals surface area contributed by atoms with Crippen LogP contribution in [0.1, 0.15) is 37.7 Å². The molecule has 1 amide bonds. The Hall–Kier alpha value is -2.17. The van der Waals surface area contributed by atoms with E-state index < -0.39 is 0 Å². The van der Waals surface area contributed by atoms with Crippen molar-refractivity contribution < 1.29 is 4.79 Å². The number of rotatable bonds is 5. The summed E-state index contributed by atoms with van der Waals surface area (Å²) in [6.07, 6.45) is 2.37. The van der Waals surface area contributed by atoms with Gasteiger partial charge in [-0.05, 0) is 31.9 Å². The molecule has 2 aromatic heterocycles. The van der Waals surface area contributed by atoms with Crippen LogP contribution in [0.2, 0.25) is 0 Å². The average molecular weight is 332 g/mol. The van der Waals surface area contributed by atoms with Gasteiger partial charge in [0.1, 0.15) is 16.6 Å². The minimum absolute atomic E-state index is 0.211. The number of nitriles is 1. The van der Waals surface area contributed by atoms with Crippen molar-refractivity contribution in [3.05, 3.63) is 43.7 Å². The van der Waals surface area contributed by atoms with Gasteiger partial charge < -0.3 is 5.43 Å². The molecular weight excluding hydrogens is 316 g/mol. The van der Waals surface area contributed by atoms with Crippen LogP contribution >= 0.6 is 22.7 Å². The van der Waals surface area contributed by atoms with Gasteiger partial charge >= 0.3 is 0 Å². The van der Waals surface area contributed by atoms with Gasteiger partial charge in [-0.25, -0.2) is 4.98 Å². The van der Waals surface area contributed by atoms with Gasteiger partial charge in [0.05, 0.1) is 4.88 Å². The summed E-state index contributed by atoms with van der Waals surface area (Å²) < 4.78 is 0. The maximum Gasteiger partial charge on any atom is 0.279 e. The van der Waals surface area contributed by atoms with Crippen molar-refractivity contribution >= 4 is 34.2 Å². The standard InChI is InChI=1S/C15H16N4OS2/c1-4-12-9(2)5-13(22-12)14(20)19-17-7-11(6-16)15-18-10(3)8-21-15/h5,7-8,17H,4H2,1-3H3,(H,19,20)/b11-7+. The van der Waals surface area contributed by atoms with Gasteiger partial charge in [0, 0.05) is 22.2 Å². The van der Waals surface area contributed by atoms with Crippen molar-refractivity contribution in [2.75, 3.05) is 0 Å². The molecule has 0 saturated heterocycles. The number of hydrogen-bond acceptors (Lipinski definition) is 6. The number of hydrazine groups is 1. The molecule has 2 N–H and O–H groups in total. The van der Waals surface area contributed by atoms with Gasteiger partial charge in [-0.2, -0.15) is 5.26 Å². The fourth-order valence-corrected chi connectivity index (χ4v) is 3.61. The minimum Gasteiger partial charge on any atom is -0.304 e. The topological polar surface area (TPSA) is 77.8 Å². The first-order valence-electron chi connectivity index (χ1n) is 6.73. The zero-order valence-electron chi connectivity index (χ0n) is 12.6. The van der Waals surface area contributed by atoms with Crippen molar-refractivity contribution in [3.8, 4) is 6.07 Å². The van der Waals surface area contributed by atoms with Crippen LogP contribution in [0.5, 0.6) is 0 Å². The summed E-state index contributed by atoms with van der Waals surface area (Å²) >= 11 is 2.88. The van der Waals surface area contributed by atoms with Gasteiger partial charge in [-0.1, -0.05) is 6.92 Å². The number of thiazole rings is 1. The lowest BCUT2D eigenvalue weighted by molar-refractivity contribution is 0.0945. The van der Waals surface area contributed by atoms with Crippen LogP contribution in [0, 0.1) is 25.2 Å². The Bertz CT molecular complexity index is 752. The number of nitrogens with one attached hydrogen (secondary N) is 2. The Labute approximate surface area is 137 Å². The fraction of sp³-hybridized carbons (Fsp3) is 0.267. The number of amides is 1. The van der Waals surface area contributed by atoms with E-state index in [4.69, 9.17) is 5.26 Å². The zero-order chi connectivity index (χ0) is 16.1. The van der Waals surface area contributed by atoms with E-state index in [1.165, 1.54) is 33.8 Å². The van der Waals surface area contributed by atoms with Gasteiger partial charge in [0.25, 0.3) is 5.91 Å². The number of allylic oxidation sites excluding steroid dienone is 1. The SMILES string of the molecule is CCc1sc(C(=O)NN/C=C(\C#N)c2nc(C)cs2)cc1C. The fourth-order valence-electron chi connectivity index (χ4n) is 1.84. The van der Waals surface area contributed by atoms with E-state index in [1.807, 2.05) is 25.3 Å². The summed E-state index contributed by atoms with van der Waals surface area (Å²) in [6.45, 7) is 5.93. The van der Waals surface area contributed by atoms with E-state index in [-0.39, 0.29) is 5.91 Å². The molecule has 2 rings (SSSR count). The molecule has 0 fully saturated rings. The Morgan fingerprint density at radius 1 is 1.50 bits per heavy atom. The zero-order valence-corrected chi connectivity index (χ0v) is 14.2. The first-order valence-corrected chi connectivity index (χ1v) is 8.42. The first kappa shape index (κ1) is 16.2. The molecule has 5 nitrogen and oxygen atoms in total. The smallest absolute Gasteiger partial charge is 0.279 e. The molecule has 2 aromatic rings. The molecular formula is C15H16N4OS2. The number of thiophene rings is 1. The second-order valence-corrected chi connectivity index (χ2v) is 6.63. The van der Waals surface area contributed by atoms with E-state index in [0.717, 1.165) is 17.7 Å². The highest BCUT2D eigenvalue weighted by atomic mass is 32.1. The van der Waals surface area contributed by atoms with Crippen molar-refractivity contribution in [1.82, 2.24) is 15.8 Å². The third-order valence-corrected chi connectivity index (χ3v) is 5.31. The Morgan fingerprint density at radius 2 is 2.27 bits per heavy atom. The second-order valence-electron chi connectivity index (χ2n) is 4.63. The highest BCUT2D eigenvalue weighted by molar-refractivity contribution is 7.14. The molecule has 0 spiro atoms. The Balaban J connectivity index is 2.01. The molecule has 0 radical (unpaired) electrons. The van der Waals surface area contributed by atoms with Crippen LogP contribution in [-0.2, 0) is 6.42 Å². The molecule has 0 saturated carbocycles. The van der Waals surface area contributed by atoms with Crippen molar-refractivity contribution in [2.24, 2.45) is 0 Å². The molecule has 7 heteroatoms. The van der Waals surface area contributed by atoms with Crippen molar-refractivity contribution in [2.45, 2.75) is 27.2 Å². The second kappa shape index (κ2) is 7.20. The minimum atomic E-state index is -0.211. The lowest BCUT2D eigenvalue weighted by Gasteiger charge is -2.02. The monoisotopic (exact) mass is 332 g/mol. The number of hydrogen-bond donors (Lipinski definition) is 2. The average Bonchev–Trinajstić information content (AvgIpc) is 3.09. The van der Waals surface area contributed by atoms with Crippen LogP contribution < -0.4 is 10.9 Å². The van der Waals surface area contributed by atoms with Gasteiger partial charge in [-0.3, -0.25) is 10.2 Å². The largest absolute Gasteiger partial charge is 0.304 e. The van der Waals surface area contributed by atoms with E-state index in [0.29, 0.717) is 15.5 Å². The van der Waals surface area contributed by atoms with E-state index in [1.54, 1.807) is 0 Å². The first-order chi connectivity index (χ1) is 10.5. The maximum absolute atomic E-state index is 12.0. The van der Waals surface area contributed by atoms with Crippen LogP contribution in [-0.4, -0.2) is 10.9 Å². The molecule has 0 aliphatic rings. The molecule has 0 aromatic carbocycles. The number of carbonyl (C=O) groups is 1. The lowest BCUT2D eigenvalue weighted by atomic mass is 10.2. The molecule has 0 aliphatic heterocycles. The van der Waals surface area contributed by atoms with Gasteiger partial charge in [0.2, 0.25) is 0 Å². The summed E-state index contributed by atoms with van der Waals surface area (Å²) in [7, 11) is 0. The van der Waals surface area contributed by atoms with E-state index in [9.17, 15) is 4.79 Å². The molecule has 114 valence electrons. The summed E-state index contributed by atoms with van der Waals surface area (Å²) in [5.41, 5.74) is 7.63. The third-order valence-electron chi connectivity index (χ3n) is 2.94. The predicted octanol–water partition coefficient (Wildman–Crippen LogP) is 3.18. The normalized spacial score (nSPS) is 11.1. The van der Waals surface area contributed by atoms with Crippen molar-refractivity contribution in [3.63, 3.8) is 0 Å². The summed E-state index contributed by atoms with van der Waals surface area (Å²) in [5, 5.41) is 11.6. The highest BCUT2D eigenvalue weighted by Gasteiger charge is 2.11. The molecule has 0 bridgehead atoms. The molecule has 2 heterocycles. The van der Waals surface area contributed by atoms with Crippen LogP contribution in [0.3, 0.4) is 0 Å². The van der Waals surface area contributed by atoms with Crippen LogP contribution in [0.25, 0.3) is 5.57 Å². The number of nitrogens with zero attached hydrogens (tertiary/aromatic N) is 2. The molecule has 0 aliphatic carbocycles. The summed E-state index contributed by atoms with van der Waals surface area (Å²) in [6, 6.07) is 3.94. The van der Waals surface area contributed by atoms with Gasteiger partial charge in [0.15, 0.2) is 0 Å². The summed E-state index contributed by atoms with van der Waals surface area (Å²) in [5.74, 6) is -0.211. The van der Waals surface area contributed by atoms with Crippen LogP contribution in [0.4, 0.5) is 0 Å². The summed E-state index contributed by atoms with van der Waals surface area (Å²) in [4.78, 5) is 18.1. The van der Waals surface area contributed by atoms with Gasteiger partial charge in [-0.15, -0.1) is 22.7 Å². The number of aryl methyl sites for hydroxylation is 3. The molecule has 22 heavy (non-hydrogen) atoms. The molecule has 0 unspecified atom stereocenters. The Morgan fingerprint density at radius 3 is 2.82 bits per heavy atom. The highest BCUT2D eigenvalue weighted by Crippen LogP contribution is 2.22. The van der Waals surface area contributed by atoms with E-state index in [2.05, 4.69) is 28.8 Å². The Kier molecular flexibility index (Phi) is 5.31. The quantitative estimate of drug-likeness (QED) is 0.651. The number of aromatic nitrogens is 1.